The second-order valence-corrected chi connectivity index (χ2v) is 8.91. The number of amides is 1. The summed E-state index contributed by atoms with van der Waals surface area (Å²) >= 11 is 0. The summed E-state index contributed by atoms with van der Waals surface area (Å²) in [6.45, 7) is 7.85. The molecule has 3 aromatic rings. The lowest BCUT2D eigenvalue weighted by atomic mass is 9.80. The van der Waals surface area contributed by atoms with Crippen molar-refractivity contribution in [2.75, 3.05) is 18.4 Å². The molecule has 0 bridgehead atoms. The molecule has 1 amide bonds. The van der Waals surface area contributed by atoms with Crippen LogP contribution in [-0.2, 0) is 6.18 Å². The molecule has 0 spiro atoms. The lowest BCUT2D eigenvalue weighted by Crippen LogP contribution is -2.51. The van der Waals surface area contributed by atoms with Crippen LogP contribution in [0.2, 0.25) is 0 Å². The fourth-order valence-electron chi connectivity index (χ4n) is 4.30. The number of alkyl halides is 3. The summed E-state index contributed by atoms with van der Waals surface area (Å²) in [6, 6.07) is 17.1. The van der Waals surface area contributed by atoms with E-state index in [-0.39, 0.29) is 17.7 Å². The standard InChI is InChI=1S/C26H27F3N2O/c1-16(2)31-14-21(15-31)17(3)23-13-22(26(27,28)29)10-11-24(23)30-25(32)20-9-8-18-6-4-5-7-19(18)12-20/h4-13,16-17,21H,14-15H2,1-3H3,(H,30,32)/t17-/m1/s1. The summed E-state index contributed by atoms with van der Waals surface area (Å²) < 4.78 is 40.2. The first-order valence-corrected chi connectivity index (χ1v) is 10.9. The first-order valence-electron chi connectivity index (χ1n) is 10.9. The Morgan fingerprint density at radius 1 is 0.969 bits per heavy atom. The Morgan fingerprint density at radius 2 is 1.66 bits per heavy atom. The number of carbonyl (C=O) groups is 1. The van der Waals surface area contributed by atoms with Crippen molar-refractivity contribution >= 4 is 22.4 Å². The maximum Gasteiger partial charge on any atom is 0.416 e. The van der Waals surface area contributed by atoms with Gasteiger partial charge in [-0.05, 0) is 72.4 Å². The molecule has 3 nitrogen and oxygen atoms in total. The monoisotopic (exact) mass is 440 g/mol. The minimum atomic E-state index is -4.43. The van der Waals surface area contributed by atoms with Gasteiger partial charge in [0.2, 0.25) is 0 Å². The van der Waals surface area contributed by atoms with Gasteiger partial charge in [0.15, 0.2) is 0 Å². The lowest BCUT2D eigenvalue weighted by Gasteiger charge is -2.45. The van der Waals surface area contributed by atoms with Crippen molar-refractivity contribution in [1.29, 1.82) is 0 Å². The summed E-state index contributed by atoms with van der Waals surface area (Å²) in [5, 5.41) is 4.82. The molecule has 32 heavy (non-hydrogen) atoms. The quantitative estimate of drug-likeness (QED) is 0.488. The molecule has 168 valence electrons. The van der Waals surface area contributed by atoms with Crippen molar-refractivity contribution in [2.45, 2.75) is 38.9 Å². The van der Waals surface area contributed by atoms with E-state index in [0.29, 0.717) is 22.9 Å². The van der Waals surface area contributed by atoms with E-state index in [4.69, 9.17) is 0 Å². The third-order valence-corrected chi connectivity index (χ3v) is 6.50. The molecule has 1 aliphatic heterocycles. The van der Waals surface area contributed by atoms with Crippen molar-refractivity contribution < 1.29 is 18.0 Å². The van der Waals surface area contributed by atoms with Gasteiger partial charge < -0.3 is 10.2 Å². The largest absolute Gasteiger partial charge is 0.416 e. The first kappa shape index (κ1) is 22.3. The highest BCUT2D eigenvalue weighted by Gasteiger charge is 2.36. The summed E-state index contributed by atoms with van der Waals surface area (Å²) in [5.74, 6) is -0.196. The summed E-state index contributed by atoms with van der Waals surface area (Å²) in [4.78, 5) is 15.3. The third kappa shape index (κ3) is 4.51. The Hall–Kier alpha value is -2.86. The van der Waals surface area contributed by atoms with Crippen LogP contribution in [0, 0.1) is 5.92 Å². The number of likely N-dealkylation sites (tertiary alicyclic amines) is 1. The van der Waals surface area contributed by atoms with Crippen LogP contribution in [0.5, 0.6) is 0 Å². The van der Waals surface area contributed by atoms with Gasteiger partial charge in [-0.1, -0.05) is 37.3 Å². The van der Waals surface area contributed by atoms with Gasteiger partial charge in [0, 0.05) is 30.4 Å². The Bertz CT molecular complexity index is 1130. The predicted molar refractivity (Wildman–Crippen MR) is 122 cm³/mol. The SMILES string of the molecule is CC(C)N1CC([C@@H](C)c2cc(C(F)(F)F)ccc2NC(=O)c2ccc3ccccc3c2)C1. The molecule has 0 saturated carbocycles. The maximum atomic E-state index is 13.4. The number of benzene rings is 3. The van der Waals surface area contributed by atoms with Crippen molar-refractivity contribution in [1.82, 2.24) is 4.90 Å². The first-order chi connectivity index (χ1) is 15.1. The maximum absolute atomic E-state index is 13.4. The number of nitrogens with zero attached hydrogens (tertiary/aromatic N) is 1. The minimum absolute atomic E-state index is 0.112. The highest BCUT2D eigenvalue weighted by atomic mass is 19.4. The number of hydrogen-bond acceptors (Lipinski definition) is 2. The van der Waals surface area contributed by atoms with E-state index >= 15 is 0 Å². The molecule has 1 N–H and O–H groups in total. The second-order valence-electron chi connectivity index (χ2n) is 8.91. The predicted octanol–water partition coefficient (Wildman–Crippen LogP) is 6.55. The van der Waals surface area contributed by atoms with Crippen LogP contribution in [0.25, 0.3) is 10.8 Å². The van der Waals surface area contributed by atoms with E-state index in [1.807, 2.05) is 37.3 Å². The molecule has 1 fully saturated rings. The second kappa shape index (κ2) is 8.58. The number of hydrogen-bond donors (Lipinski definition) is 1. The number of fused-ring (bicyclic) bond motifs is 1. The summed E-state index contributed by atoms with van der Waals surface area (Å²) in [5.41, 5.74) is 0.744. The Balaban J connectivity index is 1.62. The molecule has 6 heteroatoms. The van der Waals surface area contributed by atoms with Crippen molar-refractivity contribution in [3.8, 4) is 0 Å². The average molecular weight is 441 g/mol. The van der Waals surface area contributed by atoms with Gasteiger partial charge in [-0.3, -0.25) is 4.79 Å². The van der Waals surface area contributed by atoms with Crippen molar-refractivity contribution in [3.05, 3.63) is 77.4 Å². The molecule has 0 aliphatic carbocycles. The van der Waals surface area contributed by atoms with Gasteiger partial charge in [-0.25, -0.2) is 0 Å². The van der Waals surface area contributed by atoms with E-state index in [0.717, 1.165) is 29.9 Å². The Labute approximate surface area is 186 Å². The van der Waals surface area contributed by atoms with Crippen LogP contribution in [0.1, 0.15) is 48.2 Å². The number of anilines is 1. The summed E-state index contributed by atoms with van der Waals surface area (Å²) in [7, 11) is 0. The minimum Gasteiger partial charge on any atom is -0.322 e. The molecule has 1 heterocycles. The Kier molecular flexibility index (Phi) is 5.99. The molecule has 0 unspecified atom stereocenters. The van der Waals surface area contributed by atoms with Crippen LogP contribution in [0.15, 0.2) is 60.7 Å². The van der Waals surface area contributed by atoms with Gasteiger partial charge in [-0.2, -0.15) is 13.2 Å². The van der Waals surface area contributed by atoms with Crippen molar-refractivity contribution in [2.24, 2.45) is 5.92 Å². The van der Waals surface area contributed by atoms with Gasteiger partial charge in [0.1, 0.15) is 0 Å². The van der Waals surface area contributed by atoms with E-state index in [1.54, 1.807) is 12.1 Å². The molecular weight excluding hydrogens is 413 g/mol. The lowest BCUT2D eigenvalue weighted by molar-refractivity contribution is -0.137. The zero-order chi connectivity index (χ0) is 23.0. The highest BCUT2D eigenvalue weighted by Crippen LogP contribution is 2.39. The van der Waals surface area contributed by atoms with Crippen LogP contribution in [-0.4, -0.2) is 29.9 Å². The van der Waals surface area contributed by atoms with E-state index in [9.17, 15) is 18.0 Å². The van der Waals surface area contributed by atoms with E-state index in [1.165, 1.54) is 12.1 Å². The van der Waals surface area contributed by atoms with Crippen molar-refractivity contribution in [3.63, 3.8) is 0 Å². The smallest absolute Gasteiger partial charge is 0.322 e. The van der Waals surface area contributed by atoms with Crippen LogP contribution < -0.4 is 5.32 Å². The zero-order valence-corrected chi connectivity index (χ0v) is 18.4. The van der Waals surface area contributed by atoms with Crippen LogP contribution >= 0.6 is 0 Å². The highest BCUT2D eigenvalue weighted by molar-refractivity contribution is 6.06. The summed E-state index contributed by atoms with van der Waals surface area (Å²) in [6.07, 6.45) is -4.43. The normalized spacial score (nSPS) is 16.2. The molecule has 0 aromatic heterocycles. The van der Waals surface area contributed by atoms with Gasteiger partial charge in [0.05, 0.1) is 5.56 Å². The number of rotatable bonds is 5. The molecule has 3 aromatic carbocycles. The molecule has 0 radical (unpaired) electrons. The van der Waals surface area contributed by atoms with E-state index < -0.39 is 11.7 Å². The number of carbonyl (C=O) groups excluding carboxylic acids is 1. The van der Waals surface area contributed by atoms with Crippen LogP contribution in [0.4, 0.5) is 18.9 Å². The molecule has 1 saturated heterocycles. The number of halogens is 3. The van der Waals surface area contributed by atoms with Gasteiger partial charge in [-0.15, -0.1) is 0 Å². The molecule has 1 aliphatic rings. The van der Waals surface area contributed by atoms with Gasteiger partial charge >= 0.3 is 6.18 Å². The topological polar surface area (TPSA) is 32.3 Å². The molecular formula is C26H27F3N2O. The fourth-order valence-corrected chi connectivity index (χ4v) is 4.30. The molecule has 1 atom stereocenters. The zero-order valence-electron chi connectivity index (χ0n) is 18.4. The molecule has 4 rings (SSSR count). The Morgan fingerprint density at radius 3 is 2.31 bits per heavy atom. The fraction of sp³-hybridized carbons (Fsp3) is 0.346. The van der Waals surface area contributed by atoms with Crippen LogP contribution in [0.3, 0.4) is 0 Å². The third-order valence-electron chi connectivity index (χ3n) is 6.50. The average Bonchev–Trinajstić information content (AvgIpc) is 2.71. The van der Waals surface area contributed by atoms with E-state index in [2.05, 4.69) is 24.1 Å². The number of nitrogens with one attached hydrogen (secondary N) is 1. The van der Waals surface area contributed by atoms with Gasteiger partial charge in [0.25, 0.3) is 5.91 Å².